The van der Waals surface area contributed by atoms with E-state index in [1.54, 1.807) is 30.3 Å². The quantitative estimate of drug-likeness (QED) is 0.200. The Hall–Kier alpha value is -4.71. The predicted octanol–water partition coefficient (Wildman–Crippen LogP) is 6.81. The highest BCUT2D eigenvalue weighted by molar-refractivity contribution is 6.13. The fourth-order valence-electron chi connectivity index (χ4n) is 3.87. The van der Waals surface area contributed by atoms with Gasteiger partial charge < -0.3 is 14.2 Å². The van der Waals surface area contributed by atoms with Gasteiger partial charge in [-0.2, -0.15) is 0 Å². The Labute approximate surface area is 214 Å². The average molecular weight is 494 g/mol. The van der Waals surface area contributed by atoms with E-state index in [1.165, 1.54) is 12.1 Å². The minimum absolute atomic E-state index is 0.199. The molecule has 0 saturated heterocycles. The number of nitrogens with zero attached hydrogens (tertiary/aromatic N) is 1. The molecule has 0 fully saturated rings. The fraction of sp³-hybridized carbons (Fsp3) is 0.0968. The second-order valence-electron chi connectivity index (χ2n) is 8.33. The van der Waals surface area contributed by atoms with Crippen LogP contribution in [0.2, 0.25) is 0 Å². The van der Waals surface area contributed by atoms with E-state index in [0.717, 1.165) is 22.3 Å². The maximum Gasteiger partial charge on any atom is 0.363 e. The molecule has 5 nitrogen and oxygen atoms in total. The summed E-state index contributed by atoms with van der Waals surface area (Å²) < 4.78 is 30.2. The number of cyclic esters (lactones) is 1. The zero-order valence-corrected chi connectivity index (χ0v) is 20.2. The minimum atomic E-state index is -0.517. The molecule has 1 heterocycles. The summed E-state index contributed by atoms with van der Waals surface area (Å²) in [7, 11) is 0. The largest absolute Gasteiger partial charge is 0.490 e. The first-order valence-electron chi connectivity index (χ1n) is 11.9. The van der Waals surface area contributed by atoms with Crippen molar-refractivity contribution < 1.29 is 23.4 Å². The van der Waals surface area contributed by atoms with Crippen molar-refractivity contribution in [2.24, 2.45) is 4.99 Å². The molecule has 4 aromatic rings. The summed E-state index contributed by atoms with van der Waals surface area (Å²) in [6.07, 6.45) is 1.65. The van der Waals surface area contributed by atoms with Crippen molar-refractivity contribution >= 4 is 17.9 Å². The summed E-state index contributed by atoms with van der Waals surface area (Å²) in [5.41, 5.74) is 4.64. The molecule has 0 aliphatic carbocycles. The number of aliphatic imine (C=N–C) groups is 1. The van der Waals surface area contributed by atoms with Crippen LogP contribution in [0.25, 0.3) is 17.2 Å². The van der Waals surface area contributed by atoms with Gasteiger partial charge in [-0.3, -0.25) is 0 Å². The van der Waals surface area contributed by atoms with Crippen molar-refractivity contribution in [3.05, 3.63) is 125 Å². The first kappa shape index (κ1) is 24.0. The topological polar surface area (TPSA) is 57.1 Å². The molecule has 0 spiro atoms. The summed E-state index contributed by atoms with van der Waals surface area (Å²) >= 11 is 0. The lowest BCUT2D eigenvalue weighted by molar-refractivity contribution is -0.129. The summed E-state index contributed by atoms with van der Waals surface area (Å²) in [4.78, 5) is 16.9. The molecule has 4 aromatic carbocycles. The first-order valence-corrected chi connectivity index (χ1v) is 11.9. The first-order chi connectivity index (χ1) is 18.1. The van der Waals surface area contributed by atoms with Gasteiger partial charge in [0, 0.05) is 5.56 Å². The molecular formula is C31H24FNO4. The Kier molecular flexibility index (Phi) is 7.08. The maximum absolute atomic E-state index is 13.1. The molecule has 0 saturated carbocycles. The zero-order chi connectivity index (χ0) is 25.6. The van der Waals surface area contributed by atoms with Gasteiger partial charge in [0.25, 0.3) is 0 Å². The second-order valence-corrected chi connectivity index (χ2v) is 8.33. The molecule has 0 radical (unpaired) electrons. The third-order valence-electron chi connectivity index (χ3n) is 5.74. The molecule has 0 N–H and O–H groups in total. The van der Waals surface area contributed by atoms with E-state index in [0.29, 0.717) is 23.7 Å². The van der Waals surface area contributed by atoms with Crippen molar-refractivity contribution in [3.63, 3.8) is 0 Å². The Morgan fingerprint density at radius 1 is 0.811 bits per heavy atom. The molecule has 0 amide bonds. The van der Waals surface area contributed by atoms with Gasteiger partial charge in [-0.1, -0.05) is 60.7 Å². The third kappa shape index (κ3) is 5.76. The fourth-order valence-corrected chi connectivity index (χ4v) is 3.87. The van der Waals surface area contributed by atoms with Crippen LogP contribution in [0.3, 0.4) is 0 Å². The number of esters is 1. The van der Waals surface area contributed by atoms with Gasteiger partial charge >= 0.3 is 5.97 Å². The van der Waals surface area contributed by atoms with E-state index in [-0.39, 0.29) is 24.0 Å². The number of rotatable bonds is 8. The zero-order valence-electron chi connectivity index (χ0n) is 20.2. The lowest BCUT2D eigenvalue weighted by atomic mass is 10.0. The van der Waals surface area contributed by atoms with Crippen molar-refractivity contribution in [1.82, 2.24) is 0 Å². The number of hydrogen-bond acceptors (Lipinski definition) is 5. The second kappa shape index (κ2) is 10.9. The lowest BCUT2D eigenvalue weighted by Crippen LogP contribution is -2.05. The van der Waals surface area contributed by atoms with Gasteiger partial charge in [-0.05, 0) is 71.7 Å². The SMILES string of the molecule is CCOc1cc(/C=C2\N=C(c3ccc(-c4ccccc4)cc3)OC2=O)ccc1OCc1ccc(F)cc1. The number of ether oxygens (including phenoxy) is 3. The number of carbonyl (C=O) groups excluding carboxylic acids is 1. The maximum atomic E-state index is 13.1. The van der Waals surface area contributed by atoms with E-state index >= 15 is 0 Å². The number of benzene rings is 4. The molecule has 0 bridgehead atoms. The van der Waals surface area contributed by atoms with E-state index in [9.17, 15) is 9.18 Å². The van der Waals surface area contributed by atoms with Crippen LogP contribution in [-0.4, -0.2) is 18.5 Å². The van der Waals surface area contributed by atoms with Gasteiger partial charge in [0.1, 0.15) is 12.4 Å². The molecule has 5 rings (SSSR count). The van der Waals surface area contributed by atoms with Crippen LogP contribution in [0.15, 0.2) is 108 Å². The van der Waals surface area contributed by atoms with Crippen LogP contribution in [0, 0.1) is 5.82 Å². The molecule has 0 atom stereocenters. The van der Waals surface area contributed by atoms with Gasteiger partial charge in [0.15, 0.2) is 17.2 Å². The molecular weight excluding hydrogens is 469 g/mol. The molecule has 1 aliphatic heterocycles. The average Bonchev–Trinajstić information content (AvgIpc) is 3.30. The Morgan fingerprint density at radius 3 is 2.24 bits per heavy atom. The van der Waals surface area contributed by atoms with Crippen LogP contribution in [-0.2, 0) is 16.1 Å². The van der Waals surface area contributed by atoms with Crippen LogP contribution >= 0.6 is 0 Å². The van der Waals surface area contributed by atoms with Crippen LogP contribution in [0.4, 0.5) is 4.39 Å². The van der Waals surface area contributed by atoms with E-state index in [4.69, 9.17) is 14.2 Å². The molecule has 6 heteroatoms. The van der Waals surface area contributed by atoms with Crippen molar-refractivity contribution in [1.29, 1.82) is 0 Å². The Balaban J connectivity index is 1.34. The van der Waals surface area contributed by atoms with Gasteiger partial charge in [-0.25, -0.2) is 14.2 Å². The highest BCUT2D eigenvalue weighted by Crippen LogP contribution is 2.31. The third-order valence-corrected chi connectivity index (χ3v) is 5.74. The standard InChI is InChI=1S/C31H24FNO4/c1-2-35-29-19-22(10-17-28(29)36-20-21-8-15-26(32)16-9-21)18-27-31(34)37-30(33-27)25-13-11-24(12-14-25)23-6-4-3-5-7-23/h3-19H,2,20H2,1H3/b27-18-. The van der Waals surface area contributed by atoms with Crippen molar-refractivity contribution in [2.45, 2.75) is 13.5 Å². The van der Waals surface area contributed by atoms with Crippen molar-refractivity contribution in [3.8, 4) is 22.6 Å². The monoisotopic (exact) mass is 493 g/mol. The Bertz CT molecular complexity index is 1460. The van der Waals surface area contributed by atoms with E-state index in [2.05, 4.69) is 4.99 Å². The van der Waals surface area contributed by atoms with Gasteiger partial charge in [-0.15, -0.1) is 0 Å². The van der Waals surface area contributed by atoms with Crippen LogP contribution < -0.4 is 9.47 Å². The molecule has 0 unspecified atom stereocenters. The van der Waals surface area contributed by atoms with E-state index < -0.39 is 5.97 Å². The predicted molar refractivity (Wildman–Crippen MR) is 141 cm³/mol. The number of hydrogen-bond donors (Lipinski definition) is 0. The van der Waals surface area contributed by atoms with Crippen LogP contribution in [0.5, 0.6) is 11.5 Å². The highest BCUT2D eigenvalue weighted by atomic mass is 19.1. The summed E-state index contributed by atoms with van der Waals surface area (Å²) in [5.74, 6) is 0.532. The van der Waals surface area contributed by atoms with Crippen LogP contribution in [0.1, 0.15) is 23.6 Å². The highest BCUT2D eigenvalue weighted by Gasteiger charge is 2.24. The summed E-state index contributed by atoms with van der Waals surface area (Å²) in [5, 5.41) is 0. The minimum Gasteiger partial charge on any atom is -0.490 e. The normalized spacial score (nSPS) is 13.8. The van der Waals surface area contributed by atoms with Crippen molar-refractivity contribution in [2.75, 3.05) is 6.61 Å². The van der Waals surface area contributed by atoms with E-state index in [1.807, 2.05) is 67.6 Å². The van der Waals surface area contributed by atoms with Gasteiger partial charge in [0.05, 0.1) is 6.61 Å². The summed E-state index contributed by atoms with van der Waals surface area (Å²) in [6.45, 7) is 2.59. The smallest absolute Gasteiger partial charge is 0.363 e. The lowest BCUT2D eigenvalue weighted by Gasteiger charge is -2.13. The van der Waals surface area contributed by atoms with Gasteiger partial charge in [0.2, 0.25) is 5.90 Å². The Morgan fingerprint density at radius 2 is 1.51 bits per heavy atom. The number of halogens is 1. The molecule has 0 aromatic heterocycles. The molecule has 184 valence electrons. The summed E-state index contributed by atoms with van der Waals surface area (Å²) in [6, 6.07) is 29.3. The number of carbonyl (C=O) groups is 1. The molecule has 1 aliphatic rings. The molecule has 37 heavy (non-hydrogen) atoms.